The smallest absolute Gasteiger partial charge is 0.417 e. The van der Waals surface area contributed by atoms with Gasteiger partial charge in [0, 0.05) is 31.0 Å². The number of hydrogen-bond donors (Lipinski definition) is 2. The number of hydrogen-bond acceptors (Lipinski definition) is 5. The molecule has 5 rings (SSSR count). The maximum atomic E-state index is 14.3. The average Bonchev–Trinajstić information content (AvgIpc) is 3.16. The zero-order chi connectivity index (χ0) is 32.0. The molecule has 2 aliphatic rings. The second-order valence-electron chi connectivity index (χ2n) is 11.8. The van der Waals surface area contributed by atoms with Crippen LogP contribution < -0.4 is 10.1 Å². The highest BCUT2D eigenvalue weighted by Crippen LogP contribution is 2.41. The molecule has 3 aromatic carbocycles. The zero-order valence-electron chi connectivity index (χ0n) is 25.0. The van der Waals surface area contributed by atoms with Crippen molar-refractivity contribution in [1.29, 1.82) is 0 Å². The number of rotatable bonds is 10. The molecule has 3 aromatic rings. The van der Waals surface area contributed by atoms with Gasteiger partial charge in [-0.05, 0) is 48.2 Å². The minimum Gasteiger partial charge on any atom is -0.508 e. The number of alkyl halides is 2. The zero-order valence-corrected chi connectivity index (χ0v) is 25.0. The molecule has 2 unspecified atom stereocenters. The third kappa shape index (κ3) is 7.23. The summed E-state index contributed by atoms with van der Waals surface area (Å²) in [7, 11) is 0. The summed E-state index contributed by atoms with van der Waals surface area (Å²) in [6, 6.07) is 21.6. The first-order valence-corrected chi connectivity index (χ1v) is 15.1. The molecule has 8 nitrogen and oxygen atoms in total. The van der Waals surface area contributed by atoms with Crippen LogP contribution in [0.1, 0.15) is 29.5 Å². The largest absolute Gasteiger partial charge is 0.508 e. The number of benzene rings is 3. The van der Waals surface area contributed by atoms with Crippen molar-refractivity contribution in [1.82, 2.24) is 10.2 Å². The third-order valence-corrected chi connectivity index (χ3v) is 8.98. The van der Waals surface area contributed by atoms with Gasteiger partial charge >= 0.3 is 12.6 Å². The van der Waals surface area contributed by atoms with Gasteiger partial charge in [-0.25, -0.2) is 9.28 Å². The highest BCUT2D eigenvalue weighted by atomic mass is 19.3. The number of phenols is 1. The molecule has 0 bridgehead atoms. The van der Waals surface area contributed by atoms with E-state index in [0.29, 0.717) is 18.4 Å². The van der Waals surface area contributed by atoms with Crippen LogP contribution in [-0.4, -0.2) is 64.5 Å². The first-order chi connectivity index (χ1) is 21.7. The van der Waals surface area contributed by atoms with Gasteiger partial charge in [0.05, 0.1) is 12.5 Å². The van der Waals surface area contributed by atoms with Crippen LogP contribution >= 0.6 is 0 Å². The molecule has 2 fully saturated rings. The number of urea groups is 1. The van der Waals surface area contributed by atoms with E-state index in [0.717, 1.165) is 11.1 Å². The number of fused-ring (bicyclic) bond motifs is 1. The fourth-order valence-electron chi connectivity index (χ4n) is 6.88. The Morgan fingerprint density at radius 2 is 1.76 bits per heavy atom. The molecular formula is C35H38F2N3O5+. The van der Waals surface area contributed by atoms with E-state index in [1.807, 2.05) is 30.3 Å². The molecule has 10 heteroatoms. The number of piperidine rings is 1. The molecule has 2 aliphatic heterocycles. The molecule has 3 amide bonds. The Labute approximate surface area is 261 Å². The van der Waals surface area contributed by atoms with E-state index >= 15 is 0 Å². The van der Waals surface area contributed by atoms with Crippen LogP contribution in [0.2, 0.25) is 0 Å². The summed E-state index contributed by atoms with van der Waals surface area (Å²) in [6.45, 7) is 1.41. The summed E-state index contributed by atoms with van der Waals surface area (Å²) in [5, 5.41) is 12.9. The summed E-state index contributed by atoms with van der Waals surface area (Å²) in [5.41, 5.74) is 2.13. The molecule has 2 N–H and O–H groups in total. The van der Waals surface area contributed by atoms with Crippen LogP contribution in [0.25, 0.3) is 0 Å². The van der Waals surface area contributed by atoms with Gasteiger partial charge in [0.1, 0.15) is 30.6 Å². The quantitative estimate of drug-likeness (QED) is 0.233. The van der Waals surface area contributed by atoms with Crippen molar-refractivity contribution in [3.8, 4) is 11.5 Å². The molecule has 0 aromatic heterocycles. The average molecular weight is 619 g/mol. The maximum absolute atomic E-state index is 14.3. The van der Waals surface area contributed by atoms with Gasteiger partial charge in [-0.2, -0.15) is 8.78 Å². The molecule has 0 radical (unpaired) electrons. The minimum absolute atomic E-state index is 0.00923. The summed E-state index contributed by atoms with van der Waals surface area (Å²) in [5.74, 6) is -1.12. The Balaban J connectivity index is 1.55. The number of nitrogens with one attached hydrogen (secondary N) is 1. The number of quaternary nitrogens is 1. The standard InChI is InChI=1S/C35H37F2N3O5/c1-2-18-40(35(44)38-20-25-8-4-3-5-9-25)23-28(42)16-17-29-30(19-24-12-14-27(41)15-13-24)33(43)39(22-31(29)40)21-26-10-6-7-11-32(26)45-34(36)37/h2-15,29-31,34H,1,16-23H2,(H-,38,41,44)/p+1/t29?,30-,31+,40?/m1/s1. The first kappa shape index (κ1) is 31.8. The molecule has 236 valence electrons. The first-order valence-electron chi connectivity index (χ1n) is 15.1. The highest BCUT2D eigenvalue weighted by Gasteiger charge is 2.57. The van der Waals surface area contributed by atoms with Crippen LogP contribution in [0.3, 0.4) is 0 Å². The van der Waals surface area contributed by atoms with Gasteiger partial charge in [-0.3, -0.25) is 9.59 Å². The number of likely N-dealkylation sites (tertiary alicyclic amines) is 2. The van der Waals surface area contributed by atoms with Crippen molar-refractivity contribution < 1.29 is 37.5 Å². The van der Waals surface area contributed by atoms with Gasteiger partial charge in [-0.15, -0.1) is 0 Å². The summed E-state index contributed by atoms with van der Waals surface area (Å²) >= 11 is 0. The molecule has 0 saturated carbocycles. The number of halogens is 2. The molecule has 2 saturated heterocycles. The maximum Gasteiger partial charge on any atom is 0.417 e. The van der Waals surface area contributed by atoms with Crippen LogP contribution in [0.4, 0.5) is 13.6 Å². The van der Waals surface area contributed by atoms with E-state index in [9.17, 15) is 28.3 Å². The summed E-state index contributed by atoms with van der Waals surface area (Å²) in [4.78, 5) is 43.6. The minimum atomic E-state index is -3.03. The van der Waals surface area contributed by atoms with Gasteiger partial charge in [-0.1, -0.05) is 67.2 Å². The number of amides is 3. The topological polar surface area (TPSA) is 95.9 Å². The number of ketones is 1. The SMILES string of the molecule is C=CC[N+]1(C(=O)NCc2ccccc2)CC(=O)CCC2[C@@H](Cc3ccc(O)cc3)C(=O)N(Cc3ccccc3OC(F)F)C[C@@H]21. The van der Waals surface area contributed by atoms with E-state index in [4.69, 9.17) is 4.74 Å². The van der Waals surface area contributed by atoms with E-state index < -0.39 is 18.6 Å². The number of carbonyl (C=O) groups excluding carboxylic acids is 3. The van der Waals surface area contributed by atoms with E-state index in [1.54, 1.807) is 53.4 Å². The number of phenolic OH excluding ortho intramolecular Hbond substituents is 1. The van der Waals surface area contributed by atoms with Crippen molar-refractivity contribution in [2.45, 2.75) is 45.0 Å². The van der Waals surface area contributed by atoms with Crippen molar-refractivity contribution in [3.63, 3.8) is 0 Å². The Bertz CT molecular complexity index is 1520. The lowest BCUT2D eigenvalue weighted by Gasteiger charge is -2.49. The molecule has 45 heavy (non-hydrogen) atoms. The monoisotopic (exact) mass is 618 g/mol. The van der Waals surface area contributed by atoms with E-state index in [2.05, 4.69) is 11.9 Å². The van der Waals surface area contributed by atoms with E-state index in [-0.39, 0.29) is 78.8 Å². The number of aromatic hydroxyl groups is 1. The highest BCUT2D eigenvalue weighted by molar-refractivity contribution is 5.84. The lowest BCUT2D eigenvalue weighted by atomic mass is 9.74. The van der Waals surface area contributed by atoms with Gasteiger partial charge in [0.2, 0.25) is 5.91 Å². The Morgan fingerprint density at radius 3 is 2.47 bits per heavy atom. The van der Waals surface area contributed by atoms with Crippen LogP contribution in [-0.2, 0) is 29.1 Å². The predicted molar refractivity (Wildman–Crippen MR) is 164 cm³/mol. The van der Waals surface area contributed by atoms with Crippen LogP contribution in [0, 0.1) is 11.8 Å². The number of para-hydroxylation sites is 1. The lowest BCUT2D eigenvalue weighted by molar-refractivity contribution is -0.867. The summed E-state index contributed by atoms with van der Waals surface area (Å²) < 4.78 is 31.0. The number of ether oxygens (including phenoxy) is 1. The van der Waals surface area contributed by atoms with Crippen molar-refractivity contribution in [3.05, 3.63) is 108 Å². The number of carbonyl (C=O) groups is 3. The Kier molecular flexibility index (Phi) is 9.93. The van der Waals surface area contributed by atoms with Crippen molar-refractivity contribution in [2.75, 3.05) is 19.6 Å². The number of Topliss-reactive ketones (excluding diaryl/α,β-unsaturated/α-hetero) is 1. The molecule has 4 atom stereocenters. The van der Waals surface area contributed by atoms with Crippen molar-refractivity contribution >= 4 is 17.7 Å². The second-order valence-corrected chi connectivity index (χ2v) is 11.8. The molecular weight excluding hydrogens is 580 g/mol. The normalized spacial score (nSPS) is 23.3. The van der Waals surface area contributed by atoms with Crippen molar-refractivity contribution in [2.24, 2.45) is 11.8 Å². The van der Waals surface area contributed by atoms with Gasteiger partial charge in [0.25, 0.3) is 0 Å². The van der Waals surface area contributed by atoms with Gasteiger partial charge in [0.15, 0.2) is 5.78 Å². The van der Waals surface area contributed by atoms with E-state index in [1.165, 1.54) is 6.07 Å². The Hall–Kier alpha value is -4.57. The molecule has 0 aliphatic carbocycles. The molecule has 2 heterocycles. The summed E-state index contributed by atoms with van der Waals surface area (Å²) in [6.07, 6.45) is 2.62. The molecule has 0 spiro atoms. The van der Waals surface area contributed by atoms with Gasteiger partial charge < -0.3 is 20.1 Å². The van der Waals surface area contributed by atoms with Crippen LogP contribution in [0.5, 0.6) is 11.5 Å². The lowest BCUT2D eigenvalue weighted by Crippen LogP contribution is -2.71. The second kappa shape index (κ2) is 14.0. The van der Waals surface area contributed by atoms with Crippen LogP contribution in [0.15, 0.2) is 91.5 Å². The number of nitrogens with zero attached hydrogens (tertiary/aromatic N) is 2. The third-order valence-electron chi connectivity index (χ3n) is 8.98. The fraction of sp³-hybridized carbons (Fsp3) is 0.343. The predicted octanol–water partition coefficient (Wildman–Crippen LogP) is 5.46. The fourth-order valence-corrected chi connectivity index (χ4v) is 6.88. The Morgan fingerprint density at radius 1 is 1.04 bits per heavy atom.